The number of fused-ring (bicyclic) bond motifs is 1. The van der Waals surface area contributed by atoms with Crippen molar-refractivity contribution >= 4 is 23.9 Å². The van der Waals surface area contributed by atoms with E-state index in [0.29, 0.717) is 12.8 Å². The number of hydrogen-bond acceptors (Lipinski definition) is 8. The van der Waals surface area contributed by atoms with Gasteiger partial charge in [0.1, 0.15) is 17.8 Å². The molecule has 0 aromatic rings. The molecule has 5 unspecified atom stereocenters. The maximum Gasteiger partial charge on any atom is 0.344 e. The lowest BCUT2D eigenvalue weighted by atomic mass is 9.73. The van der Waals surface area contributed by atoms with E-state index < -0.39 is 59.1 Å². The van der Waals surface area contributed by atoms with Crippen LogP contribution in [0.1, 0.15) is 72.6 Å². The largest absolute Gasteiger partial charge is 0.459 e. The van der Waals surface area contributed by atoms with E-state index in [-0.39, 0.29) is 18.3 Å². The van der Waals surface area contributed by atoms with Crippen LogP contribution in [-0.4, -0.2) is 48.3 Å². The molecule has 4 fully saturated rings. The zero-order valence-electron chi connectivity index (χ0n) is 18.7. The molecule has 2 bridgehead atoms. The average Bonchev–Trinajstić information content (AvgIpc) is 3.43. The van der Waals surface area contributed by atoms with E-state index in [1.807, 2.05) is 13.8 Å². The second-order valence-corrected chi connectivity index (χ2v) is 10.5. The number of ether oxygens (including phenoxy) is 4. The van der Waals surface area contributed by atoms with Crippen molar-refractivity contribution in [1.29, 1.82) is 0 Å². The Morgan fingerprint density at radius 1 is 1.19 bits per heavy atom. The van der Waals surface area contributed by atoms with E-state index in [1.54, 1.807) is 13.8 Å². The predicted octanol–water partition coefficient (Wildman–Crippen LogP) is 2.71. The van der Waals surface area contributed by atoms with Gasteiger partial charge in [-0.05, 0) is 65.7 Å². The first-order valence-corrected chi connectivity index (χ1v) is 11.3. The molecule has 5 atom stereocenters. The molecule has 0 radical (unpaired) electrons. The maximum absolute atomic E-state index is 13.1. The molecule has 0 N–H and O–H groups in total. The zero-order chi connectivity index (χ0) is 22.6. The van der Waals surface area contributed by atoms with E-state index in [9.17, 15) is 19.2 Å². The maximum atomic E-state index is 13.1. The third kappa shape index (κ3) is 3.52. The van der Waals surface area contributed by atoms with Crippen LogP contribution in [0.3, 0.4) is 0 Å². The van der Waals surface area contributed by atoms with Crippen molar-refractivity contribution < 1.29 is 38.1 Å². The van der Waals surface area contributed by atoms with Gasteiger partial charge in [-0.25, -0.2) is 4.79 Å². The predicted molar refractivity (Wildman–Crippen MR) is 106 cm³/mol. The van der Waals surface area contributed by atoms with Gasteiger partial charge in [-0.15, -0.1) is 0 Å². The van der Waals surface area contributed by atoms with Gasteiger partial charge in [0.25, 0.3) is 0 Å². The van der Waals surface area contributed by atoms with E-state index in [1.165, 1.54) is 0 Å². The van der Waals surface area contributed by atoms with Gasteiger partial charge in [0.2, 0.25) is 0 Å². The Hall–Kier alpha value is -2.12. The molecule has 4 rings (SSSR count). The first-order chi connectivity index (χ1) is 14.5. The highest BCUT2D eigenvalue weighted by atomic mass is 16.6. The van der Waals surface area contributed by atoms with Crippen LogP contribution in [-0.2, 0) is 38.1 Å². The normalized spacial score (nSPS) is 35.0. The van der Waals surface area contributed by atoms with Crippen LogP contribution in [0.15, 0.2) is 0 Å². The quantitative estimate of drug-likeness (QED) is 0.341. The highest BCUT2D eigenvalue weighted by molar-refractivity contribution is 6.03. The van der Waals surface area contributed by atoms with E-state index in [0.717, 1.165) is 25.7 Å². The monoisotopic (exact) mass is 436 g/mol. The minimum atomic E-state index is -1.28. The Morgan fingerprint density at radius 3 is 2.52 bits per heavy atom. The SMILES string of the molecule is CCC(C)(C)C(=O)OCC(=O)OC1C2CC3C1OC(=O)C3(C(=O)OC1(C)CCCC1)C2. The summed E-state index contributed by atoms with van der Waals surface area (Å²) in [7, 11) is 0. The van der Waals surface area contributed by atoms with Gasteiger partial charge >= 0.3 is 23.9 Å². The molecule has 1 saturated heterocycles. The molecule has 172 valence electrons. The molecule has 0 spiro atoms. The number of carbonyl (C=O) groups is 4. The summed E-state index contributed by atoms with van der Waals surface area (Å²) in [6.45, 7) is 6.81. The van der Waals surface area contributed by atoms with Crippen molar-refractivity contribution in [2.24, 2.45) is 22.7 Å². The molecule has 1 aliphatic heterocycles. The molecule has 1 heterocycles. The summed E-state index contributed by atoms with van der Waals surface area (Å²) in [5.74, 6) is -2.69. The van der Waals surface area contributed by atoms with Crippen molar-refractivity contribution in [1.82, 2.24) is 0 Å². The van der Waals surface area contributed by atoms with Gasteiger partial charge in [-0.3, -0.25) is 14.4 Å². The first-order valence-electron chi connectivity index (χ1n) is 11.3. The third-order valence-electron chi connectivity index (χ3n) is 7.96. The molecular weight excluding hydrogens is 404 g/mol. The zero-order valence-corrected chi connectivity index (χ0v) is 18.7. The minimum Gasteiger partial charge on any atom is -0.459 e. The highest BCUT2D eigenvalue weighted by Crippen LogP contribution is 2.63. The molecule has 3 saturated carbocycles. The van der Waals surface area contributed by atoms with Gasteiger partial charge in [0.05, 0.1) is 5.41 Å². The number of hydrogen-bond donors (Lipinski definition) is 0. The molecule has 31 heavy (non-hydrogen) atoms. The van der Waals surface area contributed by atoms with Crippen LogP contribution in [0.25, 0.3) is 0 Å². The number of esters is 4. The van der Waals surface area contributed by atoms with Crippen molar-refractivity contribution in [3.05, 3.63) is 0 Å². The molecule has 8 heteroatoms. The van der Waals surface area contributed by atoms with Crippen LogP contribution in [0.2, 0.25) is 0 Å². The smallest absolute Gasteiger partial charge is 0.344 e. The standard InChI is InChI=1S/C23H32O8/c1-5-21(2,3)18(25)28-12-15(24)29-16-13-10-14-17(16)30-19(26)23(14,11-13)20(27)31-22(4)8-6-7-9-22/h13-14,16-17H,5-12H2,1-4H3. The van der Waals surface area contributed by atoms with Crippen LogP contribution in [0.4, 0.5) is 0 Å². The van der Waals surface area contributed by atoms with Gasteiger partial charge in [0, 0.05) is 11.8 Å². The van der Waals surface area contributed by atoms with Gasteiger partial charge < -0.3 is 18.9 Å². The molecule has 0 aromatic heterocycles. The van der Waals surface area contributed by atoms with E-state index >= 15 is 0 Å². The van der Waals surface area contributed by atoms with Crippen LogP contribution >= 0.6 is 0 Å². The minimum absolute atomic E-state index is 0.155. The van der Waals surface area contributed by atoms with Crippen LogP contribution in [0.5, 0.6) is 0 Å². The molecule has 0 aromatic carbocycles. The van der Waals surface area contributed by atoms with Crippen molar-refractivity contribution in [2.75, 3.05) is 6.61 Å². The van der Waals surface area contributed by atoms with Crippen molar-refractivity contribution in [3.63, 3.8) is 0 Å². The summed E-state index contributed by atoms with van der Waals surface area (Å²) in [5.41, 5.74) is -2.47. The van der Waals surface area contributed by atoms with Crippen molar-refractivity contribution in [3.8, 4) is 0 Å². The van der Waals surface area contributed by atoms with E-state index in [4.69, 9.17) is 18.9 Å². The Labute approximate surface area is 182 Å². The number of rotatable bonds is 7. The lowest BCUT2D eigenvalue weighted by molar-refractivity contribution is -0.176. The third-order valence-corrected chi connectivity index (χ3v) is 7.96. The van der Waals surface area contributed by atoms with Crippen LogP contribution in [0, 0.1) is 22.7 Å². The lowest BCUT2D eigenvalue weighted by Gasteiger charge is -2.33. The summed E-state index contributed by atoms with van der Waals surface area (Å²) in [4.78, 5) is 50.3. The second kappa shape index (κ2) is 7.48. The summed E-state index contributed by atoms with van der Waals surface area (Å²) in [6, 6.07) is 0. The fourth-order valence-electron chi connectivity index (χ4n) is 5.62. The van der Waals surface area contributed by atoms with Crippen molar-refractivity contribution in [2.45, 2.75) is 90.4 Å². The van der Waals surface area contributed by atoms with Crippen LogP contribution < -0.4 is 0 Å². The molecule has 0 amide bonds. The average molecular weight is 437 g/mol. The Morgan fingerprint density at radius 2 is 1.87 bits per heavy atom. The Balaban J connectivity index is 1.38. The van der Waals surface area contributed by atoms with Gasteiger partial charge in [-0.2, -0.15) is 0 Å². The summed E-state index contributed by atoms with van der Waals surface area (Å²) < 4.78 is 22.0. The van der Waals surface area contributed by atoms with Gasteiger partial charge in [-0.1, -0.05) is 6.92 Å². The number of carbonyl (C=O) groups excluding carboxylic acids is 4. The first kappa shape index (κ1) is 22.1. The second-order valence-electron chi connectivity index (χ2n) is 10.5. The summed E-state index contributed by atoms with van der Waals surface area (Å²) >= 11 is 0. The summed E-state index contributed by atoms with van der Waals surface area (Å²) in [6.07, 6.45) is 3.77. The fourth-order valence-corrected chi connectivity index (χ4v) is 5.62. The topological polar surface area (TPSA) is 105 Å². The van der Waals surface area contributed by atoms with Gasteiger partial charge in [0.15, 0.2) is 12.0 Å². The van der Waals surface area contributed by atoms with E-state index in [2.05, 4.69) is 0 Å². The molecular formula is C23H32O8. The molecule has 3 aliphatic carbocycles. The lowest BCUT2D eigenvalue weighted by Crippen LogP contribution is -2.48. The fraction of sp³-hybridized carbons (Fsp3) is 0.826. The summed E-state index contributed by atoms with van der Waals surface area (Å²) in [5, 5.41) is 0. The molecule has 8 nitrogen and oxygen atoms in total. The Kier molecular flexibility index (Phi) is 5.33. The molecule has 4 aliphatic rings. The highest BCUT2D eigenvalue weighted by Gasteiger charge is 2.75. The Bertz CT molecular complexity index is 795.